The van der Waals surface area contributed by atoms with E-state index in [1.54, 1.807) is 110 Å². The van der Waals surface area contributed by atoms with Crippen molar-refractivity contribution < 1.29 is 81.0 Å². The number of ether oxygens (including phenoxy) is 8. The molecular formula is C61H61N3O19S2. The van der Waals surface area contributed by atoms with Crippen molar-refractivity contribution in [3.8, 4) is 11.5 Å². The van der Waals surface area contributed by atoms with Gasteiger partial charge in [-0.15, -0.1) is 0 Å². The monoisotopic (exact) mass is 1200 g/mol. The molecule has 2 bridgehead atoms. The molecule has 85 heavy (non-hydrogen) atoms. The van der Waals surface area contributed by atoms with Gasteiger partial charge in [-0.25, -0.2) is 13.9 Å². The molecule has 1 N–H and O–H groups in total. The van der Waals surface area contributed by atoms with Crippen LogP contribution in [0.2, 0.25) is 0 Å². The topological polar surface area (TPSA) is 278 Å². The Morgan fingerprint density at radius 1 is 0.776 bits per heavy atom. The molecule has 0 aromatic heterocycles. The molecule has 0 spiro atoms. The molecule has 10 rings (SSSR count). The highest BCUT2D eigenvalue weighted by atomic mass is 32.2. The predicted octanol–water partition coefficient (Wildman–Crippen LogP) is 9.62. The number of esters is 4. The summed E-state index contributed by atoms with van der Waals surface area (Å²) < 4.78 is 58.6. The van der Waals surface area contributed by atoms with Crippen molar-refractivity contribution in [3.63, 3.8) is 0 Å². The van der Waals surface area contributed by atoms with Gasteiger partial charge in [0.05, 0.1) is 59.7 Å². The first-order valence-electron chi connectivity index (χ1n) is 27.1. The Morgan fingerprint density at radius 2 is 1.40 bits per heavy atom. The van der Waals surface area contributed by atoms with Crippen molar-refractivity contribution in [1.82, 2.24) is 4.31 Å². The highest BCUT2D eigenvalue weighted by Gasteiger charge is 2.79. The van der Waals surface area contributed by atoms with E-state index in [1.165, 1.54) is 63.6 Å². The first-order valence-corrected chi connectivity index (χ1v) is 28.6. The lowest BCUT2D eigenvalue weighted by Crippen LogP contribution is -2.82. The maximum absolute atomic E-state index is 16.6. The number of benzene rings is 5. The second-order valence-electron chi connectivity index (χ2n) is 22.1. The Balaban J connectivity index is 1.15. The lowest BCUT2D eigenvalue weighted by atomic mass is 9.44. The van der Waals surface area contributed by atoms with Gasteiger partial charge in [0.2, 0.25) is 0 Å². The number of nitro groups is 2. The van der Waals surface area contributed by atoms with Crippen LogP contribution in [0.1, 0.15) is 88.1 Å². The lowest BCUT2D eigenvalue weighted by molar-refractivity contribution is -0.388. The fraction of sp³-hybridized carbons (Fsp3) is 0.393. The van der Waals surface area contributed by atoms with E-state index < -0.39 is 123 Å². The highest BCUT2D eigenvalue weighted by Crippen LogP contribution is 2.66. The molecule has 22 nitrogen and oxygen atoms in total. The minimum absolute atomic E-state index is 0.0256. The molecule has 0 radical (unpaired) electrons. The molecule has 5 aliphatic rings. The fourth-order valence-electron chi connectivity index (χ4n) is 13.0. The zero-order valence-corrected chi connectivity index (χ0v) is 49.0. The minimum atomic E-state index is -2.51. The van der Waals surface area contributed by atoms with Gasteiger partial charge in [0, 0.05) is 67.9 Å². The Kier molecular flexibility index (Phi) is 16.8. The summed E-state index contributed by atoms with van der Waals surface area (Å²) in [6.07, 6.45) is -11.5. The number of hydrogen-bond donors (Lipinski definition) is 1. The summed E-state index contributed by atoms with van der Waals surface area (Å²) in [7, 11) is 2.91. The van der Waals surface area contributed by atoms with Gasteiger partial charge < -0.3 is 47.2 Å². The summed E-state index contributed by atoms with van der Waals surface area (Å²) in [4.78, 5) is 98.5. The van der Waals surface area contributed by atoms with Crippen molar-refractivity contribution in [2.24, 2.45) is 16.7 Å². The summed E-state index contributed by atoms with van der Waals surface area (Å²) in [6.45, 7) is 8.03. The standard InChI is InChI=1S/C61H61N3O19S2/c1-33-43(79-57(69)51-49(36-19-11-9-12-20-36)62(84-44-25-17-15-23-40(44)63(71)72)55(80-51)39-28-27-38(75-7)29-42(39)76-8)31-61(70)54(81-56(68)37-21-13-10-14-22-37)52-59(6,53(67)50(78-34(2)65)48(33)58(61,4)5)46(30-47-60(52,32-77-47)82-35(3)66)83-85-45-26-18-16-24-41(45)64(73)74/h9-29,43,46-47,49-52,54-55,70H,30-32H2,1-8H3/t43-,46-,47+,49-,50+,51+,52?,54?,55?,59+,60+,61+/m0/s1. The van der Waals surface area contributed by atoms with E-state index in [9.17, 15) is 39.7 Å². The van der Waals surface area contributed by atoms with Gasteiger partial charge in [-0.1, -0.05) is 86.6 Å². The molecule has 2 saturated heterocycles. The van der Waals surface area contributed by atoms with E-state index in [0.717, 1.165) is 25.8 Å². The molecule has 0 amide bonds. The van der Waals surface area contributed by atoms with Crippen LogP contribution in [-0.4, -0.2) is 118 Å². The lowest BCUT2D eigenvalue weighted by Gasteiger charge is -2.67. The van der Waals surface area contributed by atoms with Crippen LogP contribution in [0.4, 0.5) is 11.4 Å². The molecule has 5 aromatic rings. The van der Waals surface area contributed by atoms with Gasteiger partial charge in [-0.2, -0.15) is 0 Å². The number of fused-ring (bicyclic) bond motifs is 5. The number of Topliss-reactive ketones (excluding diaryl/α,β-unsaturated/α-hetero) is 1. The Labute approximate surface area is 497 Å². The molecule has 5 aromatic carbocycles. The van der Waals surface area contributed by atoms with Gasteiger partial charge in [0.15, 0.2) is 29.8 Å². The summed E-state index contributed by atoms with van der Waals surface area (Å²) in [5.74, 6) is -5.56. The third-order valence-electron chi connectivity index (χ3n) is 17.1. The number of methoxy groups -OCH3 is 2. The van der Waals surface area contributed by atoms with Crippen LogP contribution in [0, 0.1) is 37.0 Å². The van der Waals surface area contributed by atoms with Crippen molar-refractivity contribution in [2.75, 3.05) is 20.8 Å². The number of nitrogens with zero attached hydrogens (tertiary/aromatic N) is 3. The minimum Gasteiger partial charge on any atom is -0.497 e. The second-order valence-corrected chi connectivity index (χ2v) is 24.0. The zero-order valence-electron chi connectivity index (χ0n) is 47.4. The van der Waals surface area contributed by atoms with E-state index in [2.05, 4.69) is 0 Å². The molecule has 3 aliphatic carbocycles. The number of nitro benzene ring substituents is 2. The third-order valence-corrected chi connectivity index (χ3v) is 19.2. The first-order chi connectivity index (χ1) is 40.5. The van der Waals surface area contributed by atoms with Crippen LogP contribution in [0.3, 0.4) is 0 Å². The van der Waals surface area contributed by atoms with Gasteiger partial charge in [-0.3, -0.25) is 34.6 Å². The predicted molar refractivity (Wildman–Crippen MR) is 304 cm³/mol. The fourth-order valence-corrected chi connectivity index (χ4v) is 15.0. The molecule has 12 atom stereocenters. The summed E-state index contributed by atoms with van der Waals surface area (Å²) in [5, 5.41) is 39.3. The van der Waals surface area contributed by atoms with Crippen molar-refractivity contribution in [2.45, 2.75) is 124 Å². The maximum Gasteiger partial charge on any atom is 0.338 e. The van der Waals surface area contributed by atoms with E-state index in [4.69, 9.17) is 42.1 Å². The van der Waals surface area contributed by atoms with Gasteiger partial charge in [0.25, 0.3) is 11.4 Å². The Bertz CT molecular complexity index is 3500. The third kappa shape index (κ3) is 10.6. The number of rotatable bonds is 17. The number of carbonyl (C=O) groups excluding carboxylic acids is 5. The van der Waals surface area contributed by atoms with Crippen LogP contribution in [0.5, 0.6) is 11.5 Å². The van der Waals surface area contributed by atoms with Crippen LogP contribution < -0.4 is 9.47 Å². The van der Waals surface area contributed by atoms with Crippen molar-refractivity contribution >= 4 is 65.0 Å². The molecule has 3 unspecified atom stereocenters. The number of para-hydroxylation sites is 2. The molecule has 2 saturated carbocycles. The molecule has 2 aliphatic heterocycles. The molecule has 24 heteroatoms. The van der Waals surface area contributed by atoms with Crippen LogP contribution >= 0.6 is 24.0 Å². The van der Waals surface area contributed by atoms with Crippen LogP contribution in [0.15, 0.2) is 148 Å². The number of ketones is 1. The molecule has 446 valence electrons. The Hall–Kier alpha value is -7.71. The van der Waals surface area contributed by atoms with Crippen LogP contribution in [-0.2, 0) is 51.8 Å². The normalized spacial score (nSPS) is 29.3. The summed E-state index contributed by atoms with van der Waals surface area (Å²) in [5.41, 5.74) is -7.78. The highest BCUT2D eigenvalue weighted by molar-refractivity contribution is 7.97. The van der Waals surface area contributed by atoms with Gasteiger partial charge in [-0.05, 0) is 78.9 Å². The smallest absolute Gasteiger partial charge is 0.338 e. The molecule has 4 fully saturated rings. The maximum atomic E-state index is 16.6. The number of carbonyl (C=O) groups is 5. The SMILES string of the molecule is COc1ccc(C2O[C@@H](C(=O)O[C@H]3C[C@@]4(O)C(OC(=O)c5ccccc5)C5[C@@]6(OC(C)=O)CO[C@@H]6C[C@H](OSc6ccccc6[N+](=O)[O-])[C@@]5(C)C(=O)[C@H](OC(C)=O)C(=C3C)C4(C)C)[C@H](c3ccccc3)N2Sc2ccccc2[N+](=O)[O-])c(OC)c1. The number of hydrogen-bond acceptors (Lipinski definition) is 22. The number of aliphatic hydroxyl groups is 1. The van der Waals surface area contributed by atoms with Gasteiger partial charge in [0.1, 0.15) is 45.2 Å². The van der Waals surface area contributed by atoms with E-state index >= 15 is 9.59 Å². The zero-order chi connectivity index (χ0) is 60.9. The summed E-state index contributed by atoms with van der Waals surface area (Å²) in [6, 6.07) is 32.3. The van der Waals surface area contributed by atoms with Gasteiger partial charge >= 0.3 is 23.9 Å². The Morgan fingerprint density at radius 3 is 2.00 bits per heavy atom. The average Bonchev–Trinajstić information content (AvgIpc) is 1.08. The van der Waals surface area contributed by atoms with Crippen LogP contribution in [0.25, 0.3) is 0 Å². The largest absolute Gasteiger partial charge is 0.497 e. The summed E-state index contributed by atoms with van der Waals surface area (Å²) >= 11 is 1.56. The van der Waals surface area contributed by atoms with E-state index in [0.29, 0.717) is 28.9 Å². The van der Waals surface area contributed by atoms with Crippen molar-refractivity contribution in [1.29, 1.82) is 0 Å². The second kappa shape index (κ2) is 23.6. The quantitative estimate of drug-likeness (QED) is 0.0172. The van der Waals surface area contributed by atoms with E-state index in [-0.39, 0.29) is 56.7 Å². The van der Waals surface area contributed by atoms with E-state index in [1.807, 2.05) is 0 Å². The molecule has 2 heterocycles. The molecular weight excluding hydrogens is 1140 g/mol. The van der Waals surface area contributed by atoms with Crippen molar-refractivity contribution in [3.05, 3.63) is 175 Å². The first kappa shape index (κ1) is 60.4. The average molecular weight is 1200 g/mol.